The number of rotatable bonds is 11. The van der Waals surface area contributed by atoms with Crippen molar-refractivity contribution in [1.82, 2.24) is 10.2 Å². The molecule has 2 amide bonds. The molecule has 192 valence electrons. The lowest BCUT2D eigenvalue weighted by Gasteiger charge is -2.32. The van der Waals surface area contributed by atoms with Gasteiger partial charge in [0.25, 0.3) is 0 Å². The fraction of sp³-hybridized carbons (Fsp3) is 0.440. The Morgan fingerprint density at radius 1 is 1.11 bits per heavy atom. The number of nitrogens with one attached hydrogen (secondary N) is 1. The van der Waals surface area contributed by atoms with E-state index in [0.29, 0.717) is 28.6 Å². The molecule has 0 heterocycles. The number of ether oxygens (including phenoxy) is 1. The molecule has 2 rings (SSSR count). The van der Waals surface area contributed by atoms with Crippen LogP contribution >= 0.6 is 11.6 Å². The van der Waals surface area contributed by atoms with E-state index in [1.165, 1.54) is 11.0 Å². The molecule has 0 bridgehead atoms. The van der Waals surface area contributed by atoms with E-state index in [9.17, 15) is 18.0 Å². The Bertz CT molecular complexity index is 1150. The van der Waals surface area contributed by atoms with Gasteiger partial charge < -0.3 is 15.0 Å². The smallest absolute Gasteiger partial charge is 0.244 e. The highest BCUT2D eigenvalue weighted by Gasteiger charge is 2.30. The zero-order chi connectivity index (χ0) is 26.3. The van der Waals surface area contributed by atoms with Gasteiger partial charge in [-0.25, -0.2) is 8.42 Å². The molecule has 0 spiro atoms. The first-order valence-electron chi connectivity index (χ1n) is 11.3. The monoisotopic (exact) mass is 523 g/mol. The lowest BCUT2D eigenvalue weighted by atomic mass is 10.1. The second kappa shape index (κ2) is 12.3. The number of nitrogens with zero attached hydrogens (tertiary/aromatic N) is 2. The highest BCUT2D eigenvalue weighted by Crippen LogP contribution is 2.27. The minimum Gasteiger partial charge on any atom is -0.497 e. The van der Waals surface area contributed by atoms with Crippen molar-refractivity contribution in [2.45, 2.75) is 40.3 Å². The molecule has 0 aliphatic carbocycles. The fourth-order valence-corrected chi connectivity index (χ4v) is 4.51. The van der Waals surface area contributed by atoms with Crippen LogP contribution in [0.4, 0.5) is 5.69 Å². The van der Waals surface area contributed by atoms with Crippen molar-refractivity contribution in [3.63, 3.8) is 0 Å². The standard InChI is InChI=1S/C25H34ClN3O5S/c1-17(2)14-27-25(31)19(4)28(15-20-8-7-9-22(12-20)34-5)24(30)16-29(35(6,32)33)23-13-21(26)11-10-18(23)3/h7-13,17,19H,14-16H2,1-6H3,(H,27,31)/t19-/m1/s1. The first kappa shape index (κ1) is 28.5. The van der Waals surface area contributed by atoms with Crippen LogP contribution in [0.2, 0.25) is 5.02 Å². The summed E-state index contributed by atoms with van der Waals surface area (Å²) in [6.07, 6.45) is 1.03. The van der Waals surface area contributed by atoms with Gasteiger partial charge in [0, 0.05) is 18.1 Å². The molecule has 1 N–H and O–H groups in total. The second-order valence-electron chi connectivity index (χ2n) is 8.89. The molecule has 2 aromatic rings. The molecule has 0 aliphatic heterocycles. The third-order valence-electron chi connectivity index (χ3n) is 5.46. The van der Waals surface area contributed by atoms with Gasteiger partial charge in [-0.15, -0.1) is 0 Å². The average Bonchev–Trinajstić information content (AvgIpc) is 2.79. The average molecular weight is 524 g/mol. The van der Waals surface area contributed by atoms with Crippen LogP contribution in [-0.2, 0) is 26.2 Å². The van der Waals surface area contributed by atoms with Gasteiger partial charge >= 0.3 is 0 Å². The van der Waals surface area contributed by atoms with Gasteiger partial charge in [-0.05, 0) is 55.2 Å². The van der Waals surface area contributed by atoms with E-state index < -0.39 is 28.5 Å². The van der Waals surface area contributed by atoms with E-state index in [4.69, 9.17) is 16.3 Å². The number of aryl methyl sites for hydroxylation is 1. The summed E-state index contributed by atoms with van der Waals surface area (Å²) in [6, 6.07) is 11.2. The maximum absolute atomic E-state index is 13.6. The SMILES string of the molecule is COc1cccc(CN(C(=O)CN(c2cc(Cl)ccc2C)S(C)(=O)=O)[C@H](C)C(=O)NCC(C)C)c1. The maximum Gasteiger partial charge on any atom is 0.244 e. The van der Waals surface area contributed by atoms with Crippen molar-refractivity contribution >= 4 is 39.1 Å². The molecule has 35 heavy (non-hydrogen) atoms. The largest absolute Gasteiger partial charge is 0.497 e. The summed E-state index contributed by atoms with van der Waals surface area (Å²) in [5.74, 6) is 0.00366. The van der Waals surface area contributed by atoms with Crippen LogP contribution in [0, 0.1) is 12.8 Å². The summed E-state index contributed by atoms with van der Waals surface area (Å²) < 4.78 is 31.7. The molecule has 0 unspecified atom stereocenters. The summed E-state index contributed by atoms with van der Waals surface area (Å²) in [5.41, 5.74) is 1.70. The Morgan fingerprint density at radius 3 is 2.40 bits per heavy atom. The van der Waals surface area contributed by atoms with E-state index in [-0.39, 0.29) is 18.4 Å². The zero-order valence-electron chi connectivity index (χ0n) is 21.0. The third kappa shape index (κ3) is 8.14. The minimum atomic E-state index is -3.83. The van der Waals surface area contributed by atoms with Gasteiger partial charge in [-0.2, -0.15) is 0 Å². The van der Waals surface area contributed by atoms with Crippen LogP contribution in [0.1, 0.15) is 31.9 Å². The molecule has 0 fully saturated rings. The lowest BCUT2D eigenvalue weighted by Crippen LogP contribution is -2.51. The molecule has 2 aromatic carbocycles. The molecule has 10 heteroatoms. The van der Waals surface area contributed by atoms with Gasteiger partial charge in [-0.1, -0.05) is 43.6 Å². The number of carbonyl (C=O) groups is 2. The second-order valence-corrected chi connectivity index (χ2v) is 11.2. The van der Waals surface area contributed by atoms with Crippen molar-refractivity contribution in [2.24, 2.45) is 5.92 Å². The first-order valence-corrected chi connectivity index (χ1v) is 13.5. The minimum absolute atomic E-state index is 0.0957. The lowest BCUT2D eigenvalue weighted by molar-refractivity contribution is -0.139. The number of methoxy groups -OCH3 is 1. The number of amides is 2. The van der Waals surface area contributed by atoms with Crippen LogP contribution in [0.5, 0.6) is 5.75 Å². The quantitative estimate of drug-likeness (QED) is 0.485. The van der Waals surface area contributed by atoms with E-state index in [2.05, 4.69) is 5.32 Å². The first-order chi connectivity index (χ1) is 16.3. The van der Waals surface area contributed by atoms with E-state index >= 15 is 0 Å². The molecule has 0 aliphatic rings. The molecule has 1 atom stereocenters. The van der Waals surface area contributed by atoms with E-state index in [1.54, 1.807) is 51.3 Å². The maximum atomic E-state index is 13.6. The van der Waals surface area contributed by atoms with Crippen molar-refractivity contribution in [3.8, 4) is 5.75 Å². The van der Waals surface area contributed by atoms with Crippen molar-refractivity contribution < 1.29 is 22.7 Å². The van der Waals surface area contributed by atoms with Crippen molar-refractivity contribution in [2.75, 3.05) is 30.8 Å². The Kier molecular flexibility index (Phi) is 9.97. The summed E-state index contributed by atoms with van der Waals surface area (Å²) in [6.45, 7) is 7.39. The van der Waals surface area contributed by atoms with Crippen LogP contribution in [0.15, 0.2) is 42.5 Å². The Balaban J connectivity index is 2.43. The number of hydrogen-bond donors (Lipinski definition) is 1. The molecule has 0 saturated carbocycles. The Hall–Kier alpha value is -2.78. The van der Waals surface area contributed by atoms with Crippen LogP contribution in [-0.4, -0.2) is 57.6 Å². The van der Waals surface area contributed by atoms with Gasteiger partial charge in [0.1, 0.15) is 18.3 Å². The molecule has 0 saturated heterocycles. The topological polar surface area (TPSA) is 96.0 Å². The summed E-state index contributed by atoms with van der Waals surface area (Å²) in [4.78, 5) is 27.8. The normalized spacial score (nSPS) is 12.2. The van der Waals surface area contributed by atoms with E-state index in [1.807, 2.05) is 19.9 Å². The van der Waals surface area contributed by atoms with Gasteiger partial charge in [0.2, 0.25) is 21.8 Å². The molecular formula is C25H34ClN3O5S. The fourth-order valence-electron chi connectivity index (χ4n) is 3.45. The van der Waals surface area contributed by atoms with E-state index in [0.717, 1.165) is 16.1 Å². The highest BCUT2D eigenvalue weighted by atomic mass is 35.5. The zero-order valence-corrected chi connectivity index (χ0v) is 22.6. The summed E-state index contributed by atoms with van der Waals surface area (Å²) in [5, 5.41) is 3.20. The highest BCUT2D eigenvalue weighted by molar-refractivity contribution is 7.92. The predicted molar refractivity (Wildman–Crippen MR) is 139 cm³/mol. The summed E-state index contributed by atoms with van der Waals surface area (Å²) in [7, 11) is -2.29. The van der Waals surface area contributed by atoms with Gasteiger partial charge in [0.05, 0.1) is 19.1 Å². The molecule has 8 nitrogen and oxygen atoms in total. The number of benzene rings is 2. The predicted octanol–water partition coefficient (Wildman–Crippen LogP) is 3.61. The number of carbonyl (C=O) groups excluding carboxylic acids is 2. The van der Waals surface area contributed by atoms with Crippen molar-refractivity contribution in [3.05, 3.63) is 58.6 Å². The van der Waals surface area contributed by atoms with Crippen LogP contribution < -0.4 is 14.4 Å². The Labute approximate surface area is 213 Å². The number of anilines is 1. The molecular weight excluding hydrogens is 490 g/mol. The van der Waals surface area contributed by atoms with Gasteiger partial charge in [0.15, 0.2) is 0 Å². The number of sulfonamides is 1. The van der Waals surface area contributed by atoms with Crippen molar-refractivity contribution in [1.29, 1.82) is 0 Å². The van der Waals surface area contributed by atoms with Crippen LogP contribution in [0.3, 0.4) is 0 Å². The number of hydrogen-bond acceptors (Lipinski definition) is 5. The molecule has 0 aromatic heterocycles. The number of halogens is 1. The van der Waals surface area contributed by atoms with Crippen LogP contribution in [0.25, 0.3) is 0 Å². The molecule has 0 radical (unpaired) electrons. The third-order valence-corrected chi connectivity index (χ3v) is 6.82. The van der Waals surface area contributed by atoms with Gasteiger partial charge in [-0.3, -0.25) is 13.9 Å². The summed E-state index contributed by atoms with van der Waals surface area (Å²) >= 11 is 6.12. The Morgan fingerprint density at radius 2 is 1.80 bits per heavy atom.